The van der Waals surface area contributed by atoms with Crippen molar-refractivity contribution in [3.8, 4) is 5.75 Å². The number of likely N-dealkylation sites (tertiary alicyclic amines) is 1. The van der Waals surface area contributed by atoms with Gasteiger partial charge in [-0.1, -0.05) is 24.3 Å². The summed E-state index contributed by atoms with van der Waals surface area (Å²) < 4.78 is 5.57. The molecule has 0 aromatic heterocycles. The fourth-order valence-corrected chi connectivity index (χ4v) is 4.90. The molecule has 0 spiro atoms. The van der Waals surface area contributed by atoms with Crippen LogP contribution in [-0.2, 0) is 14.4 Å². The average Bonchev–Trinajstić information content (AvgIpc) is 2.79. The molecule has 0 bridgehead atoms. The summed E-state index contributed by atoms with van der Waals surface area (Å²) in [5, 5.41) is 4.98. The van der Waals surface area contributed by atoms with Crippen LogP contribution in [0.1, 0.15) is 19.8 Å². The Balaban J connectivity index is 1.34. The van der Waals surface area contributed by atoms with Gasteiger partial charge in [0.25, 0.3) is 0 Å². The van der Waals surface area contributed by atoms with Gasteiger partial charge < -0.3 is 20.3 Å². The Morgan fingerprint density at radius 3 is 2.61 bits per heavy atom. The molecule has 0 radical (unpaired) electrons. The summed E-state index contributed by atoms with van der Waals surface area (Å²) in [6.45, 7) is 3.32. The summed E-state index contributed by atoms with van der Waals surface area (Å²) in [6.07, 6.45) is 1.12. The van der Waals surface area contributed by atoms with Gasteiger partial charge in [-0.05, 0) is 44.0 Å². The Morgan fingerprint density at radius 2 is 1.84 bits per heavy atom. The van der Waals surface area contributed by atoms with Gasteiger partial charge in [0, 0.05) is 23.9 Å². The molecule has 2 N–H and O–H groups in total. The number of hydrogen-bond donors (Lipinski definition) is 2. The standard InChI is InChI=1S/C23H25N3O4S/c1-2-30-18-9-5-3-7-16(18)24-21(27)15-11-13-26(14-12-15)23(29)20-22(28)25-17-8-4-6-10-19(17)31-20/h3-10,15,20H,2,11-14H2,1H3,(H,24,27)(H,25,28)/t20-/m1/s1. The average molecular weight is 440 g/mol. The Morgan fingerprint density at radius 1 is 1.13 bits per heavy atom. The molecular weight excluding hydrogens is 414 g/mol. The molecule has 2 aromatic rings. The zero-order valence-electron chi connectivity index (χ0n) is 17.3. The van der Waals surface area contributed by atoms with Gasteiger partial charge in [0.1, 0.15) is 5.75 Å². The monoisotopic (exact) mass is 439 g/mol. The molecule has 0 aliphatic carbocycles. The van der Waals surface area contributed by atoms with Crippen molar-refractivity contribution < 1.29 is 19.1 Å². The van der Waals surface area contributed by atoms with Gasteiger partial charge in [0.15, 0.2) is 5.25 Å². The minimum absolute atomic E-state index is 0.0713. The molecule has 4 rings (SSSR count). The molecule has 8 heteroatoms. The lowest BCUT2D eigenvalue weighted by Crippen LogP contribution is -2.48. The van der Waals surface area contributed by atoms with E-state index in [1.807, 2.05) is 55.5 Å². The van der Waals surface area contributed by atoms with Gasteiger partial charge >= 0.3 is 0 Å². The number of piperidine rings is 1. The summed E-state index contributed by atoms with van der Waals surface area (Å²) in [5.74, 6) is -0.101. The fourth-order valence-electron chi connectivity index (χ4n) is 3.83. The highest BCUT2D eigenvalue weighted by atomic mass is 32.2. The number of carbonyl (C=O) groups is 3. The van der Waals surface area contributed by atoms with Crippen LogP contribution in [-0.4, -0.2) is 47.6 Å². The van der Waals surface area contributed by atoms with E-state index >= 15 is 0 Å². The second kappa shape index (κ2) is 9.43. The summed E-state index contributed by atoms with van der Waals surface area (Å²) in [7, 11) is 0. The molecule has 1 fully saturated rings. The van der Waals surface area contributed by atoms with Crippen molar-refractivity contribution in [1.29, 1.82) is 0 Å². The minimum Gasteiger partial charge on any atom is -0.492 e. The van der Waals surface area contributed by atoms with E-state index < -0.39 is 5.25 Å². The number of carbonyl (C=O) groups excluding carboxylic acids is 3. The van der Waals surface area contributed by atoms with Crippen molar-refractivity contribution in [2.45, 2.75) is 29.9 Å². The number of benzene rings is 2. The number of anilines is 2. The summed E-state index contributed by atoms with van der Waals surface area (Å²) in [5.41, 5.74) is 1.39. The predicted molar refractivity (Wildman–Crippen MR) is 120 cm³/mol. The maximum atomic E-state index is 13.0. The third kappa shape index (κ3) is 4.69. The summed E-state index contributed by atoms with van der Waals surface area (Å²) in [4.78, 5) is 40.8. The molecule has 2 aliphatic heterocycles. The SMILES string of the molecule is CCOc1ccccc1NC(=O)C1CCN(C(=O)[C@@H]2Sc3ccccc3NC2=O)CC1. The Labute approximate surface area is 185 Å². The summed E-state index contributed by atoms with van der Waals surface area (Å²) in [6, 6.07) is 14.8. The molecule has 1 atom stereocenters. The van der Waals surface area contributed by atoms with E-state index in [4.69, 9.17) is 4.74 Å². The molecule has 2 heterocycles. The summed E-state index contributed by atoms with van der Waals surface area (Å²) >= 11 is 1.29. The van der Waals surface area contributed by atoms with E-state index in [1.165, 1.54) is 11.8 Å². The van der Waals surface area contributed by atoms with Crippen LogP contribution in [0.2, 0.25) is 0 Å². The van der Waals surface area contributed by atoms with E-state index in [9.17, 15) is 14.4 Å². The smallest absolute Gasteiger partial charge is 0.247 e. The number of fused-ring (bicyclic) bond motifs is 1. The zero-order chi connectivity index (χ0) is 21.8. The van der Waals surface area contributed by atoms with Crippen molar-refractivity contribution >= 4 is 40.9 Å². The third-order valence-corrected chi connectivity index (χ3v) is 6.74. The predicted octanol–water partition coefficient (Wildman–Crippen LogP) is 3.38. The van der Waals surface area contributed by atoms with Crippen molar-refractivity contribution in [2.24, 2.45) is 5.92 Å². The van der Waals surface area contributed by atoms with Crippen LogP contribution in [0.25, 0.3) is 0 Å². The molecule has 2 aromatic carbocycles. The first kappa shape index (κ1) is 21.2. The lowest BCUT2D eigenvalue weighted by molar-refractivity contribution is -0.136. The first-order valence-corrected chi connectivity index (χ1v) is 11.3. The van der Waals surface area contributed by atoms with Gasteiger partial charge in [-0.15, -0.1) is 11.8 Å². The van der Waals surface area contributed by atoms with E-state index in [1.54, 1.807) is 4.90 Å². The Bertz CT molecular complexity index is 988. The second-order valence-corrected chi connectivity index (χ2v) is 8.65. The van der Waals surface area contributed by atoms with Crippen LogP contribution in [0.3, 0.4) is 0 Å². The van der Waals surface area contributed by atoms with E-state index in [0.717, 1.165) is 10.6 Å². The molecule has 0 unspecified atom stereocenters. The first-order valence-electron chi connectivity index (χ1n) is 10.4. The molecular formula is C23H25N3O4S. The van der Waals surface area contributed by atoms with Crippen molar-refractivity contribution in [3.05, 3.63) is 48.5 Å². The lowest BCUT2D eigenvalue weighted by Gasteiger charge is -2.34. The molecule has 7 nitrogen and oxygen atoms in total. The van der Waals surface area contributed by atoms with Gasteiger partial charge in [-0.2, -0.15) is 0 Å². The van der Waals surface area contributed by atoms with Crippen LogP contribution in [0.5, 0.6) is 5.75 Å². The number of amides is 3. The number of ether oxygens (including phenoxy) is 1. The first-order chi connectivity index (χ1) is 15.1. The molecule has 162 valence electrons. The maximum absolute atomic E-state index is 13.0. The quantitative estimate of drug-likeness (QED) is 0.698. The third-order valence-electron chi connectivity index (χ3n) is 5.47. The minimum atomic E-state index is -0.793. The van der Waals surface area contributed by atoms with Crippen molar-refractivity contribution in [1.82, 2.24) is 4.90 Å². The van der Waals surface area contributed by atoms with Crippen LogP contribution in [0.15, 0.2) is 53.4 Å². The number of hydrogen-bond acceptors (Lipinski definition) is 5. The molecule has 2 aliphatic rings. The van der Waals surface area contributed by atoms with Crippen molar-refractivity contribution in [2.75, 3.05) is 30.3 Å². The largest absolute Gasteiger partial charge is 0.492 e. The molecule has 3 amide bonds. The van der Waals surface area contributed by atoms with Gasteiger partial charge in [0.05, 0.1) is 18.0 Å². The Hall–Kier alpha value is -3.00. The highest BCUT2D eigenvalue weighted by molar-refractivity contribution is 8.01. The van der Waals surface area contributed by atoms with E-state index in [2.05, 4.69) is 10.6 Å². The van der Waals surface area contributed by atoms with E-state index in [0.29, 0.717) is 44.0 Å². The van der Waals surface area contributed by atoms with Crippen LogP contribution in [0.4, 0.5) is 11.4 Å². The van der Waals surface area contributed by atoms with Gasteiger partial charge in [-0.25, -0.2) is 0 Å². The van der Waals surface area contributed by atoms with Crippen molar-refractivity contribution in [3.63, 3.8) is 0 Å². The molecule has 31 heavy (non-hydrogen) atoms. The number of nitrogens with one attached hydrogen (secondary N) is 2. The number of para-hydroxylation sites is 3. The second-order valence-electron chi connectivity index (χ2n) is 7.50. The molecule has 1 saturated heterocycles. The van der Waals surface area contributed by atoms with E-state index in [-0.39, 0.29) is 23.6 Å². The van der Waals surface area contributed by atoms with Gasteiger partial charge in [0.2, 0.25) is 17.7 Å². The van der Waals surface area contributed by atoms with Crippen LogP contribution in [0, 0.1) is 5.92 Å². The number of nitrogens with zero attached hydrogens (tertiary/aromatic N) is 1. The normalized spacial score (nSPS) is 18.7. The zero-order valence-corrected chi connectivity index (χ0v) is 18.1. The topological polar surface area (TPSA) is 87.7 Å². The highest BCUT2D eigenvalue weighted by Gasteiger charge is 2.37. The highest BCUT2D eigenvalue weighted by Crippen LogP contribution is 2.36. The number of rotatable bonds is 5. The number of thioether (sulfide) groups is 1. The Kier molecular flexibility index (Phi) is 6.46. The van der Waals surface area contributed by atoms with Crippen LogP contribution < -0.4 is 15.4 Å². The maximum Gasteiger partial charge on any atom is 0.247 e. The fraction of sp³-hybridized carbons (Fsp3) is 0.348. The lowest BCUT2D eigenvalue weighted by atomic mass is 9.95. The van der Waals surface area contributed by atoms with Crippen LogP contribution >= 0.6 is 11.8 Å². The molecule has 0 saturated carbocycles. The van der Waals surface area contributed by atoms with Gasteiger partial charge in [-0.3, -0.25) is 14.4 Å².